The number of nitrogens with zero attached hydrogens (tertiary/aromatic N) is 3. The third-order valence-corrected chi connectivity index (χ3v) is 4.68. The minimum Gasteiger partial charge on any atom is -0.506 e. The molecule has 3 aromatic rings. The SMILES string of the molecule is O=C(c1ccc2cccc(O)c2n1)N1CCN(c2ccccc2F)CC1. The molecule has 0 aliphatic carbocycles. The number of carbonyl (C=O) groups is 1. The number of aromatic hydroxyl groups is 1. The number of fused-ring (bicyclic) bond motifs is 1. The molecule has 1 aliphatic heterocycles. The van der Waals surface area contributed by atoms with Crippen LogP contribution in [0.25, 0.3) is 10.9 Å². The van der Waals surface area contributed by atoms with E-state index in [1.54, 1.807) is 47.4 Å². The second-order valence-corrected chi connectivity index (χ2v) is 6.28. The van der Waals surface area contributed by atoms with E-state index in [0.717, 1.165) is 5.39 Å². The number of hydrogen-bond acceptors (Lipinski definition) is 4. The number of anilines is 1. The summed E-state index contributed by atoms with van der Waals surface area (Å²) in [5.41, 5.74) is 1.29. The summed E-state index contributed by atoms with van der Waals surface area (Å²) in [6, 6.07) is 15.3. The van der Waals surface area contributed by atoms with Crippen LogP contribution in [-0.4, -0.2) is 47.1 Å². The van der Waals surface area contributed by atoms with Gasteiger partial charge in [0.15, 0.2) is 0 Å². The van der Waals surface area contributed by atoms with E-state index in [4.69, 9.17) is 0 Å². The minimum absolute atomic E-state index is 0.0570. The van der Waals surface area contributed by atoms with Crippen LogP contribution in [0.3, 0.4) is 0 Å². The Kier molecular flexibility index (Phi) is 4.16. The van der Waals surface area contributed by atoms with E-state index >= 15 is 0 Å². The van der Waals surface area contributed by atoms with E-state index in [9.17, 15) is 14.3 Å². The van der Waals surface area contributed by atoms with Crippen LogP contribution in [0.1, 0.15) is 10.5 Å². The predicted molar refractivity (Wildman–Crippen MR) is 97.9 cm³/mol. The number of phenolic OH excluding ortho intramolecular Hbond substituents is 1. The molecule has 1 aliphatic rings. The van der Waals surface area contributed by atoms with Gasteiger partial charge in [-0.15, -0.1) is 0 Å². The molecule has 2 heterocycles. The maximum atomic E-state index is 13.9. The zero-order valence-corrected chi connectivity index (χ0v) is 14.1. The van der Waals surface area contributed by atoms with Crippen molar-refractivity contribution in [2.75, 3.05) is 31.1 Å². The highest BCUT2D eigenvalue weighted by Crippen LogP contribution is 2.24. The molecule has 1 saturated heterocycles. The van der Waals surface area contributed by atoms with Crippen LogP contribution in [0.5, 0.6) is 5.75 Å². The fourth-order valence-electron chi connectivity index (χ4n) is 3.27. The standard InChI is InChI=1S/C20H18FN3O2/c21-15-5-1-2-6-17(15)23-10-12-24(13-11-23)20(26)16-9-8-14-4-3-7-18(25)19(14)22-16/h1-9,25H,10-13H2. The van der Waals surface area contributed by atoms with E-state index in [1.807, 2.05) is 11.0 Å². The molecule has 0 spiro atoms. The molecular weight excluding hydrogens is 333 g/mol. The third-order valence-electron chi connectivity index (χ3n) is 4.68. The van der Waals surface area contributed by atoms with E-state index in [-0.39, 0.29) is 17.5 Å². The molecule has 6 heteroatoms. The van der Waals surface area contributed by atoms with Gasteiger partial charge in [-0.25, -0.2) is 9.37 Å². The maximum Gasteiger partial charge on any atom is 0.272 e. The summed E-state index contributed by atoms with van der Waals surface area (Å²) in [5, 5.41) is 10.7. The lowest BCUT2D eigenvalue weighted by Gasteiger charge is -2.36. The first-order chi connectivity index (χ1) is 12.6. The first kappa shape index (κ1) is 16.3. The van der Waals surface area contributed by atoms with Crippen molar-refractivity contribution >= 4 is 22.5 Å². The number of pyridine rings is 1. The Balaban J connectivity index is 1.50. The normalized spacial score (nSPS) is 14.7. The summed E-state index contributed by atoms with van der Waals surface area (Å²) in [6.45, 7) is 2.11. The molecule has 1 N–H and O–H groups in total. The van der Waals surface area contributed by atoms with E-state index in [2.05, 4.69) is 4.98 Å². The number of rotatable bonds is 2. The van der Waals surface area contributed by atoms with Crippen molar-refractivity contribution in [1.29, 1.82) is 0 Å². The van der Waals surface area contributed by atoms with Crippen molar-refractivity contribution < 1.29 is 14.3 Å². The second-order valence-electron chi connectivity index (χ2n) is 6.28. The molecule has 1 fully saturated rings. The van der Waals surface area contributed by atoms with Crippen LogP contribution < -0.4 is 4.90 Å². The van der Waals surface area contributed by atoms with Crippen LogP contribution in [0.2, 0.25) is 0 Å². The number of piperazine rings is 1. The highest BCUT2D eigenvalue weighted by atomic mass is 19.1. The first-order valence-corrected chi connectivity index (χ1v) is 8.51. The molecule has 0 atom stereocenters. The van der Waals surface area contributed by atoms with Gasteiger partial charge in [0, 0.05) is 31.6 Å². The predicted octanol–water partition coefficient (Wildman–Crippen LogP) is 3.04. The van der Waals surface area contributed by atoms with Gasteiger partial charge in [-0.05, 0) is 24.3 Å². The summed E-state index contributed by atoms with van der Waals surface area (Å²) in [4.78, 5) is 20.7. The monoisotopic (exact) mass is 351 g/mol. The maximum absolute atomic E-state index is 13.9. The summed E-state index contributed by atoms with van der Waals surface area (Å²) in [5.74, 6) is -0.371. The van der Waals surface area contributed by atoms with Crippen molar-refractivity contribution in [3.63, 3.8) is 0 Å². The molecule has 5 nitrogen and oxygen atoms in total. The lowest BCUT2D eigenvalue weighted by Crippen LogP contribution is -2.49. The van der Waals surface area contributed by atoms with Gasteiger partial charge in [0.05, 0.1) is 5.69 Å². The molecule has 26 heavy (non-hydrogen) atoms. The Morgan fingerprint density at radius 3 is 2.50 bits per heavy atom. The first-order valence-electron chi connectivity index (χ1n) is 8.51. The highest BCUT2D eigenvalue weighted by Gasteiger charge is 2.24. The van der Waals surface area contributed by atoms with Gasteiger partial charge < -0.3 is 14.9 Å². The molecule has 132 valence electrons. The minimum atomic E-state index is -0.251. The molecule has 0 saturated carbocycles. The number of para-hydroxylation sites is 2. The Morgan fingerprint density at radius 2 is 1.73 bits per heavy atom. The molecule has 4 rings (SSSR count). The fourth-order valence-corrected chi connectivity index (χ4v) is 3.27. The summed E-state index contributed by atoms with van der Waals surface area (Å²) in [6.07, 6.45) is 0. The zero-order valence-electron chi connectivity index (χ0n) is 14.1. The second kappa shape index (κ2) is 6.63. The summed E-state index contributed by atoms with van der Waals surface area (Å²) >= 11 is 0. The molecule has 0 unspecified atom stereocenters. The van der Waals surface area contributed by atoms with E-state index < -0.39 is 0 Å². The Labute approximate surface area is 150 Å². The Hall–Kier alpha value is -3.15. The van der Waals surface area contributed by atoms with Crippen molar-refractivity contribution in [2.45, 2.75) is 0 Å². The number of benzene rings is 2. The number of aromatic nitrogens is 1. The Bertz CT molecular complexity index is 968. The molecule has 1 amide bonds. The van der Waals surface area contributed by atoms with Crippen LogP contribution >= 0.6 is 0 Å². The molecule has 0 bridgehead atoms. The van der Waals surface area contributed by atoms with Gasteiger partial charge in [-0.1, -0.05) is 30.3 Å². The van der Waals surface area contributed by atoms with Crippen LogP contribution in [0.15, 0.2) is 54.6 Å². The fraction of sp³-hybridized carbons (Fsp3) is 0.200. The number of halogens is 1. The van der Waals surface area contributed by atoms with Gasteiger partial charge in [0.1, 0.15) is 22.8 Å². The van der Waals surface area contributed by atoms with Gasteiger partial charge in [0.2, 0.25) is 0 Å². The Morgan fingerprint density at radius 1 is 0.962 bits per heavy atom. The van der Waals surface area contributed by atoms with Crippen LogP contribution in [0.4, 0.5) is 10.1 Å². The smallest absolute Gasteiger partial charge is 0.272 e. The van der Waals surface area contributed by atoms with Crippen molar-refractivity contribution in [3.05, 3.63) is 66.1 Å². The summed E-state index contributed by atoms with van der Waals surface area (Å²) in [7, 11) is 0. The molecular formula is C20H18FN3O2. The molecule has 2 aromatic carbocycles. The zero-order chi connectivity index (χ0) is 18.1. The van der Waals surface area contributed by atoms with Gasteiger partial charge in [-0.3, -0.25) is 4.79 Å². The van der Waals surface area contributed by atoms with Crippen molar-refractivity contribution in [3.8, 4) is 5.75 Å². The summed E-state index contributed by atoms with van der Waals surface area (Å²) < 4.78 is 13.9. The number of hydrogen-bond donors (Lipinski definition) is 1. The number of phenols is 1. The average Bonchev–Trinajstić information content (AvgIpc) is 2.68. The van der Waals surface area contributed by atoms with Crippen LogP contribution in [-0.2, 0) is 0 Å². The van der Waals surface area contributed by atoms with E-state index in [0.29, 0.717) is 43.1 Å². The largest absolute Gasteiger partial charge is 0.506 e. The number of carbonyl (C=O) groups excluding carboxylic acids is 1. The van der Waals surface area contributed by atoms with E-state index in [1.165, 1.54) is 6.07 Å². The quantitative estimate of drug-likeness (QED) is 0.771. The number of amides is 1. The van der Waals surface area contributed by atoms with Gasteiger partial charge in [0.25, 0.3) is 5.91 Å². The lowest BCUT2D eigenvalue weighted by atomic mass is 10.1. The molecule has 1 aromatic heterocycles. The highest BCUT2D eigenvalue weighted by molar-refractivity contribution is 5.96. The lowest BCUT2D eigenvalue weighted by molar-refractivity contribution is 0.0741. The van der Waals surface area contributed by atoms with Crippen LogP contribution in [0, 0.1) is 5.82 Å². The van der Waals surface area contributed by atoms with Gasteiger partial charge in [-0.2, -0.15) is 0 Å². The molecule has 0 radical (unpaired) electrons. The van der Waals surface area contributed by atoms with Crippen molar-refractivity contribution in [1.82, 2.24) is 9.88 Å². The average molecular weight is 351 g/mol. The van der Waals surface area contributed by atoms with Crippen molar-refractivity contribution in [2.24, 2.45) is 0 Å². The third kappa shape index (κ3) is 2.94. The topological polar surface area (TPSA) is 56.7 Å². The van der Waals surface area contributed by atoms with Gasteiger partial charge >= 0.3 is 0 Å².